The van der Waals surface area contributed by atoms with Gasteiger partial charge in [-0.2, -0.15) is 0 Å². The molecule has 0 fully saturated rings. The molecule has 1 aromatic carbocycles. The van der Waals surface area contributed by atoms with Crippen molar-refractivity contribution in [3.63, 3.8) is 0 Å². The lowest BCUT2D eigenvalue weighted by Crippen LogP contribution is -2.24. The van der Waals surface area contributed by atoms with E-state index in [-0.39, 0.29) is 11.9 Å². The third kappa shape index (κ3) is 3.16. The first-order chi connectivity index (χ1) is 9.15. The second-order valence-corrected chi connectivity index (χ2v) is 5.40. The summed E-state index contributed by atoms with van der Waals surface area (Å²) in [4.78, 5) is 14.0. The lowest BCUT2D eigenvalue weighted by Gasteiger charge is -2.14. The lowest BCUT2D eigenvalue weighted by molar-refractivity contribution is -0.131. The molecule has 1 aliphatic rings. The van der Waals surface area contributed by atoms with Crippen LogP contribution in [-0.2, 0) is 17.9 Å². The Morgan fingerprint density at radius 3 is 2.74 bits per heavy atom. The summed E-state index contributed by atoms with van der Waals surface area (Å²) in [5, 5.41) is 0. The number of nitrogens with two attached hydrogens (primary N) is 1. The molecule has 2 rings (SSSR count). The fourth-order valence-electron chi connectivity index (χ4n) is 2.54. The van der Waals surface area contributed by atoms with Gasteiger partial charge in [0.15, 0.2) is 0 Å². The van der Waals surface area contributed by atoms with E-state index >= 15 is 0 Å². The van der Waals surface area contributed by atoms with Crippen molar-refractivity contribution >= 4 is 5.91 Å². The number of amides is 1. The molecule has 19 heavy (non-hydrogen) atoms. The van der Waals surface area contributed by atoms with Crippen molar-refractivity contribution in [1.82, 2.24) is 4.90 Å². The number of hydrogen-bond acceptors (Lipinski definition) is 2. The van der Waals surface area contributed by atoms with Crippen molar-refractivity contribution in [2.24, 2.45) is 5.73 Å². The van der Waals surface area contributed by atoms with Crippen LogP contribution in [0, 0.1) is 0 Å². The number of rotatable bonds is 5. The number of benzene rings is 1. The Morgan fingerprint density at radius 1 is 1.32 bits per heavy atom. The van der Waals surface area contributed by atoms with Gasteiger partial charge in [0.05, 0.1) is 0 Å². The number of nitrogens with zero attached hydrogens (tertiary/aromatic N) is 1. The van der Waals surface area contributed by atoms with Crippen LogP contribution in [-0.4, -0.2) is 10.8 Å². The molecule has 0 aromatic heterocycles. The zero-order valence-corrected chi connectivity index (χ0v) is 12.0. The van der Waals surface area contributed by atoms with E-state index < -0.39 is 0 Å². The average molecular weight is 260 g/mol. The standard InChI is InChI=1S/C16H24N2O/c1-3-5-6-16(19)18-10-13-8-7-12(15(17)4-2)9-14(13)11-18/h7-9,15H,3-6,10-11,17H2,1-2H3. The Balaban J connectivity index is 2.05. The van der Waals surface area contributed by atoms with Crippen LogP contribution in [0.5, 0.6) is 0 Å². The predicted molar refractivity (Wildman–Crippen MR) is 77.4 cm³/mol. The Labute approximate surface area is 115 Å². The minimum absolute atomic E-state index is 0.107. The largest absolute Gasteiger partial charge is 0.334 e. The van der Waals surface area contributed by atoms with Gasteiger partial charge in [0.1, 0.15) is 0 Å². The lowest BCUT2D eigenvalue weighted by atomic mass is 10.0. The molecule has 1 unspecified atom stereocenters. The van der Waals surface area contributed by atoms with Gasteiger partial charge in [-0.15, -0.1) is 0 Å². The summed E-state index contributed by atoms with van der Waals surface area (Å²) >= 11 is 0. The quantitative estimate of drug-likeness (QED) is 0.884. The van der Waals surface area contributed by atoms with Gasteiger partial charge >= 0.3 is 0 Å². The Bertz CT molecular complexity index is 456. The summed E-state index contributed by atoms with van der Waals surface area (Å²) in [7, 11) is 0. The number of fused-ring (bicyclic) bond motifs is 1. The molecule has 0 aliphatic carbocycles. The van der Waals surface area contributed by atoms with Crippen LogP contribution < -0.4 is 5.73 Å². The maximum Gasteiger partial charge on any atom is 0.223 e. The molecule has 1 amide bonds. The third-order valence-corrected chi connectivity index (χ3v) is 3.92. The number of carbonyl (C=O) groups excluding carboxylic acids is 1. The molecule has 0 saturated carbocycles. The Kier molecular flexibility index (Phi) is 4.59. The molecular weight excluding hydrogens is 236 g/mol. The fourth-order valence-corrected chi connectivity index (χ4v) is 2.54. The van der Waals surface area contributed by atoms with Gasteiger partial charge in [-0.05, 0) is 29.5 Å². The van der Waals surface area contributed by atoms with Crippen LogP contribution in [0.15, 0.2) is 18.2 Å². The molecule has 0 spiro atoms. The number of hydrogen-bond donors (Lipinski definition) is 1. The molecule has 1 atom stereocenters. The van der Waals surface area contributed by atoms with E-state index in [0.29, 0.717) is 6.42 Å². The summed E-state index contributed by atoms with van der Waals surface area (Å²) < 4.78 is 0. The molecule has 3 nitrogen and oxygen atoms in total. The molecule has 0 bridgehead atoms. The summed E-state index contributed by atoms with van der Waals surface area (Å²) in [6, 6.07) is 6.52. The van der Waals surface area contributed by atoms with Crippen LogP contribution in [0.3, 0.4) is 0 Å². The van der Waals surface area contributed by atoms with E-state index in [1.54, 1.807) is 0 Å². The summed E-state index contributed by atoms with van der Waals surface area (Å²) in [5.41, 5.74) is 9.80. The van der Waals surface area contributed by atoms with Crippen LogP contribution >= 0.6 is 0 Å². The minimum Gasteiger partial charge on any atom is -0.334 e. The van der Waals surface area contributed by atoms with Crippen LogP contribution in [0.25, 0.3) is 0 Å². The van der Waals surface area contributed by atoms with Gasteiger partial charge in [0.2, 0.25) is 5.91 Å². The molecule has 0 radical (unpaired) electrons. The number of carbonyl (C=O) groups is 1. The summed E-state index contributed by atoms with van der Waals surface area (Å²) in [6.07, 6.45) is 3.67. The molecule has 0 saturated heterocycles. The van der Waals surface area contributed by atoms with Crippen molar-refractivity contribution in [2.75, 3.05) is 0 Å². The van der Waals surface area contributed by atoms with E-state index in [4.69, 9.17) is 5.73 Å². The molecule has 1 aliphatic heterocycles. The molecular formula is C16H24N2O. The summed E-state index contributed by atoms with van der Waals surface area (Å²) in [5.74, 6) is 0.277. The Morgan fingerprint density at radius 2 is 2.05 bits per heavy atom. The highest BCUT2D eigenvalue weighted by Gasteiger charge is 2.23. The van der Waals surface area contributed by atoms with Crippen molar-refractivity contribution in [1.29, 1.82) is 0 Å². The SMILES string of the molecule is CCCCC(=O)N1Cc2ccc(C(N)CC)cc2C1. The van der Waals surface area contributed by atoms with Gasteiger partial charge in [0, 0.05) is 25.6 Å². The maximum atomic E-state index is 12.0. The first kappa shape index (κ1) is 14.1. The van der Waals surface area contributed by atoms with Crippen LogP contribution in [0.2, 0.25) is 0 Å². The van der Waals surface area contributed by atoms with Crippen LogP contribution in [0.4, 0.5) is 0 Å². The van der Waals surface area contributed by atoms with Gasteiger partial charge in [-0.25, -0.2) is 0 Å². The molecule has 2 N–H and O–H groups in total. The van der Waals surface area contributed by atoms with Crippen molar-refractivity contribution in [3.8, 4) is 0 Å². The second kappa shape index (κ2) is 6.20. The smallest absolute Gasteiger partial charge is 0.223 e. The highest BCUT2D eigenvalue weighted by atomic mass is 16.2. The monoisotopic (exact) mass is 260 g/mol. The van der Waals surface area contributed by atoms with Gasteiger partial charge < -0.3 is 10.6 Å². The molecule has 104 valence electrons. The van der Waals surface area contributed by atoms with Crippen molar-refractivity contribution in [2.45, 2.75) is 58.7 Å². The topological polar surface area (TPSA) is 46.3 Å². The highest BCUT2D eigenvalue weighted by Crippen LogP contribution is 2.27. The van der Waals surface area contributed by atoms with E-state index in [9.17, 15) is 4.79 Å². The van der Waals surface area contributed by atoms with Crippen LogP contribution in [0.1, 0.15) is 62.3 Å². The van der Waals surface area contributed by atoms with Crippen molar-refractivity contribution in [3.05, 3.63) is 34.9 Å². The van der Waals surface area contributed by atoms with E-state index in [2.05, 4.69) is 32.0 Å². The predicted octanol–water partition coefficient (Wildman–Crippen LogP) is 3.13. The average Bonchev–Trinajstić information content (AvgIpc) is 2.86. The normalized spacial score (nSPS) is 15.4. The summed E-state index contributed by atoms with van der Waals surface area (Å²) in [6.45, 7) is 5.73. The molecule has 1 aromatic rings. The zero-order valence-electron chi connectivity index (χ0n) is 12.0. The minimum atomic E-state index is 0.107. The van der Waals surface area contributed by atoms with Crippen molar-refractivity contribution < 1.29 is 4.79 Å². The molecule has 1 heterocycles. The zero-order chi connectivity index (χ0) is 13.8. The van der Waals surface area contributed by atoms with E-state index in [1.807, 2.05) is 4.90 Å². The third-order valence-electron chi connectivity index (χ3n) is 3.92. The van der Waals surface area contributed by atoms with Gasteiger partial charge in [-0.1, -0.05) is 38.5 Å². The Hall–Kier alpha value is -1.35. The first-order valence-corrected chi connectivity index (χ1v) is 7.30. The number of unbranched alkanes of at least 4 members (excludes halogenated alkanes) is 1. The van der Waals surface area contributed by atoms with E-state index in [0.717, 1.165) is 32.4 Å². The fraction of sp³-hybridized carbons (Fsp3) is 0.562. The highest BCUT2D eigenvalue weighted by molar-refractivity contribution is 5.77. The van der Waals surface area contributed by atoms with Gasteiger partial charge in [-0.3, -0.25) is 4.79 Å². The van der Waals surface area contributed by atoms with Gasteiger partial charge in [0.25, 0.3) is 0 Å². The van der Waals surface area contributed by atoms with E-state index in [1.165, 1.54) is 16.7 Å². The first-order valence-electron chi connectivity index (χ1n) is 7.30. The molecule has 3 heteroatoms. The maximum absolute atomic E-state index is 12.0. The second-order valence-electron chi connectivity index (χ2n) is 5.40.